The number of carbonyl (C=O) groups excluding carboxylic acids is 1. The Balaban J connectivity index is 2.06. The van der Waals surface area contributed by atoms with Crippen molar-refractivity contribution in [2.45, 2.75) is 19.1 Å². The van der Waals surface area contributed by atoms with Gasteiger partial charge in [-0.2, -0.15) is 0 Å². The summed E-state index contributed by atoms with van der Waals surface area (Å²) in [4.78, 5) is 17.0. The monoisotopic (exact) mass is 251 g/mol. The minimum atomic E-state index is -0.512. The first-order valence-electron chi connectivity index (χ1n) is 5.92. The second-order valence-electron chi connectivity index (χ2n) is 4.24. The number of nitrogens with two attached hydrogens (primary N) is 1. The van der Waals surface area contributed by atoms with E-state index in [9.17, 15) is 9.90 Å². The van der Waals surface area contributed by atoms with Gasteiger partial charge in [-0.15, -0.1) is 0 Å². The third-order valence-electron chi connectivity index (χ3n) is 2.97. The van der Waals surface area contributed by atoms with Crippen molar-refractivity contribution in [3.63, 3.8) is 0 Å². The summed E-state index contributed by atoms with van der Waals surface area (Å²) >= 11 is 0. The summed E-state index contributed by atoms with van der Waals surface area (Å²) < 4.78 is 5.44. The normalized spacial score (nSPS) is 23.3. The van der Waals surface area contributed by atoms with Gasteiger partial charge >= 0.3 is 0 Å². The summed E-state index contributed by atoms with van der Waals surface area (Å²) in [6.45, 7) is 3.55. The Bertz CT molecular complexity index is 421. The van der Waals surface area contributed by atoms with Crippen LogP contribution in [-0.4, -0.2) is 47.9 Å². The quantitative estimate of drug-likeness (QED) is 0.771. The van der Waals surface area contributed by atoms with Gasteiger partial charge in [0.25, 0.3) is 0 Å². The van der Waals surface area contributed by atoms with Crippen molar-refractivity contribution in [2.24, 2.45) is 5.73 Å². The Morgan fingerprint density at radius 3 is 2.94 bits per heavy atom. The summed E-state index contributed by atoms with van der Waals surface area (Å²) in [6, 6.07) is 3.35. The maximum atomic E-state index is 10.9. The van der Waals surface area contributed by atoms with Crippen LogP contribution in [0.1, 0.15) is 17.3 Å². The molecule has 0 bridgehead atoms. The van der Waals surface area contributed by atoms with Gasteiger partial charge < -0.3 is 20.5 Å². The molecule has 18 heavy (non-hydrogen) atoms. The van der Waals surface area contributed by atoms with Gasteiger partial charge in [-0.05, 0) is 19.1 Å². The van der Waals surface area contributed by atoms with E-state index >= 15 is 0 Å². The maximum absolute atomic E-state index is 10.9. The fraction of sp³-hybridized carbons (Fsp3) is 0.500. The summed E-state index contributed by atoms with van der Waals surface area (Å²) in [5.74, 6) is 0.212. The molecule has 1 aliphatic heterocycles. The molecule has 6 nitrogen and oxygen atoms in total. The van der Waals surface area contributed by atoms with Crippen LogP contribution in [-0.2, 0) is 4.74 Å². The van der Waals surface area contributed by atoms with Crippen LogP contribution in [0.4, 0.5) is 5.82 Å². The molecule has 6 heteroatoms. The molecule has 0 aliphatic carbocycles. The number of aromatic nitrogens is 1. The average molecular weight is 251 g/mol. The number of hydrogen-bond donors (Lipinski definition) is 2. The summed E-state index contributed by atoms with van der Waals surface area (Å²) in [7, 11) is 0. The van der Waals surface area contributed by atoms with Crippen molar-refractivity contribution >= 4 is 11.7 Å². The molecule has 1 aromatic rings. The van der Waals surface area contributed by atoms with E-state index in [2.05, 4.69) is 4.98 Å². The van der Waals surface area contributed by atoms with E-state index in [4.69, 9.17) is 10.5 Å². The number of anilines is 1. The lowest BCUT2D eigenvalue weighted by Crippen LogP contribution is -2.26. The van der Waals surface area contributed by atoms with Gasteiger partial charge in [0, 0.05) is 25.9 Å². The molecule has 1 aliphatic rings. The van der Waals surface area contributed by atoms with Gasteiger partial charge in [-0.25, -0.2) is 4.98 Å². The number of pyridine rings is 1. The van der Waals surface area contributed by atoms with E-state index in [1.165, 1.54) is 6.20 Å². The molecule has 1 aromatic heterocycles. The van der Waals surface area contributed by atoms with Crippen LogP contribution in [0, 0.1) is 0 Å². The number of hydrogen-bond acceptors (Lipinski definition) is 5. The third kappa shape index (κ3) is 2.60. The van der Waals surface area contributed by atoms with Crippen LogP contribution >= 0.6 is 0 Å². The van der Waals surface area contributed by atoms with Crippen molar-refractivity contribution in [3.05, 3.63) is 23.9 Å². The highest BCUT2D eigenvalue weighted by molar-refractivity contribution is 5.92. The molecule has 2 atom stereocenters. The number of carbonyl (C=O) groups is 1. The van der Waals surface area contributed by atoms with Crippen molar-refractivity contribution in [1.29, 1.82) is 0 Å². The second kappa shape index (κ2) is 5.32. The van der Waals surface area contributed by atoms with Crippen molar-refractivity contribution in [3.8, 4) is 0 Å². The molecule has 1 saturated heterocycles. The first kappa shape index (κ1) is 12.8. The Morgan fingerprint density at radius 1 is 1.61 bits per heavy atom. The van der Waals surface area contributed by atoms with Crippen LogP contribution in [0.5, 0.6) is 0 Å². The zero-order valence-electron chi connectivity index (χ0n) is 10.2. The van der Waals surface area contributed by atoms with Gasteiger partial charge in [-0.3, -0.25) is 4.79 Å². The number of rotatable bonds is 4. The lowest BCUT2D eigenvalue weighted by molar-refractivity contribution is -0.00189. The molecule has 0 aromatic carbocycles. The fourth-order valence-corrected chi connectivity index (χ4v) is 2.04. The molecular formula is C12H17N3O3. The van der Waals surface area contributed by atoms with Crippen LogP contribution in [0.25, 0.3) is 0 Å². The zero-order chi connectivity index (χ0) is 13.1. The van der Waals surface area contributed by atoms with Gasteiger partial charge in [-0.1, -0.05) is 0 Å². The van der Waals surface area contributed by atoms with Gasteiger partial charge in [0.05, 0.1) is 11.7 Å². The summed E-state index contributed by atoms with van der Waals surface area (Å²) in [6.07, 6.45) is 0.744. The Hall–Kier alpha value is -1.66. The molecule has 2 rings (SSSR count). The SMILES string of the molecule is CCO[C@@H]1CN(c2ccc(C(N)=O)cn2)C[C@H]1O. The molecule has 0 spiro atoms. The highest BCUT2D eigenvalue weighted by atomic mass is 16.5. The van der Waals surface area contributed by atoms with Gasteiger partial charge in [0.2, 0.25) is 5.91 Å². The van der Waals surface area contributed by atoms with Crippen LogP contribution < -0.4 is 10.6 Å². The number of aliphatic hydroxyl groups excluding tert-OH is 1. The van der Waals surface area contributed by atoms with Crippen molar-refractivity contribution < 1.29 is 14.6 Å². The highest BCUT2D eigenvalue weighted by Gasteiger charge is 2.32. The first-order valence-corrected chi connectivity index (χ1v) is 5.92. The zero-order valence-corrected chi connectivity index (χ0v) is 10.2. The molecule has 1 amide bonds. The molecule has 0 radical (unpaired) electrons. The standard InChI is InChI=1S/C12H17N3O3/c1-2-18-10-7-15(6-9(10)16)11-4-3-8(5-14-11)12(13)17/h3-5,9-10,16H,2,6-7H2,1H3,(H2,13,17)/t9-,10-/m1/s1. The third-order valence-corrected chi connectivity index (χ3v) is 2.97. The van der Waals surface area contributed by atoms with Gasteiger partial charge in [0.1, 0.15) is 11.9 Å². The fourth-order valence-electron chi connectivity index (χ4n) is 2.04. The predicted molar refractivity (Wildman–Crippen MR) is 66.4 cm³/mol. The van der Waals surface area contributed by atoms with Crippen molar-refractivity contribution in [2.75, 3.05) is 24.6 Å². The molecule has 0 saturated carbocycles. The molecular weight excluding hydrogens is 234 g/mol. The first-order chi connectivity index (χ1) is 8.61. The number of primary amides is 1. The Kier molecular flexibility index (Phi) is 3.78. The number of ether oxygens (including phenoxy) is 1. The van der Waals surface area contributed by atoms with E-state index in [-0.39, 0.29) is 6.10 Å². The number of aliphatic hydroxyl groups is 1. The summed E-state index contributed by atoms with van der Waals surface area (Å²) in [5.41, 5.74) is 5.52. The number of nitrogens with zero attached hydrogens (tertiary/aromatic N) is 2. The van der Waals surface area contributed by atoms with E-state index in [0.717, 1.165) is 0 Å². The smallest absolute Gasteiger partial charge is 0.250 e. The minimum absolute atomic E-state index is 0.187. The molecule has 3 N–H and O–H groups in total. The molecule has 98 valence electrons. The minimum Gasteiger partial charge on any atom is -0.388 e. The molecule has 2 heterocycles. The lowest BCUT2D eigenvalue weighted by Gasteiger charge is -2.16. The number of amides is 1. The van der Waals surface area contributed by atoms with Crippen LogP contribution in [0.3, 0.4) is 0 Å². The van der Waals surface area contributed by atoms with Crippen molar-refractivity contribution in [1.82, 2.24) is 4.98 Å². The van der Waals surface area contributed by atoms with E-state index < -0.39 is 12.0 Å². The van der Waals surface area contributed by atoms with E-state index in [1.54, 1.807) is 12.1 Å². The average Bonchev–Trinajstić information content (AvgIpc) is 2.72. The van der Waals surface area contributed by atoms with E-state index in [0.29, 0.717) is 31.1 Å². The lowest BCUT2D eigenvalue weighted by atomic mass is 10.2. The van der Waals surface area contributed by atoms with Gasteiger partial charge in [0.15, 0.2) is 0 Å². The Morgan fingerprint density at radius 2 is 2.39 bits per heavy atom. The predicted octanol–water partition coefficient (Wildman–Crippen LogP) is -0.234. The van der Waals surface area contributed by atoms with E-state index in [1.807, 2.05) is 11.8 Å². The highest BCUT2D eigenvalue weighted by Crippen LogP contribution is 2.20. The summed E-state index contributed by atoms with van der Waals surface area (Å²) in [5, 5.41) is 9.83. The molecule has 0 unspecified atom stereocenters. The maximum Gasteiger partial charge on any atom is 0.250 e. The van der Waals surface area contributed by atoms with Crippen LogP contribution in [0.2, 0.25) is 0 Å². The molecule has 1 fully saturated rings. The Labute approximate surface area is 105 Å². The largest absolute Gasteiger partial charge is 0.388 e. The number of β-amino-alcohol motifs (C(OH)–C–C–N with tert-alkyl or cyclic N) is 1. The van der Waals surface area contributed by atoms with Crippen LogP contribution in [0.15, 0.2) is 18.3 Å². The topological polar surface area (TPSA) is 88.7 Å². The second-order valence-corrected chi connectivity index (χ2v) is 4.24.